The summed E-state index contributed by atoms with van der Waals surface area (Å²) >= 11 is 0. The molecular weight excluding hydrogens is 442 g/mol. The minimum Gasteiger partial charge on any atom is -0.497 e. The van der Waals surface area contributed by atoms with Crippen molar-refractivity contribution in [2.24, 2.45) is 0 Å². The third-order valence-corrected chi connectivity index (χ3v) is 6.04. The highest BCUT2D eigenvalue weighted by atomic mass is 32.2. The third kappa shape index (κ3) is 7.78. The summed E-state index contributed by atoms with van der Waals surface area (Å²) in [6.45, 7) is 6.94. The van der Waals surface area contributed by atoms with E-state index >= 15 is 0 Å². The summed E-state index contributed by atoms with van der Waals surface area (Å²) < 4.78 is 31.2. The fourth-order valence-corrected chi connectivity index (χ4v) is 4.05. The van der Waals surface area contributed by atoms with E-state index in [1.165, 1.54) is 12.0 Å². The van der Waals surface area contributed by atoms with E-state index in [0.717, 1.165) is 16.1 Å². The van der Waals surface area contributed by atoms with Crippen LogP contribution < -0.4 is 14.4 Å². The van der Waals surface area contributed by atoms with Crippen molar-refractivity contribution in [3.05, 3.63) is 60.2 Å². The van der Waals surface area contributed by atoms with Crippen LogP contribution in [0.15, 0.2) is 54.6 Å². The van der Waals surface area contributed by atoms with Crippen LogP contribution >= 0.6 is 0 Å². The van der Waals surface area contributed by atoms with E-state index in [2.05, 4.69) is 5.32 Å². The monoisotopic (exact) mass is 475 g/mol. The van der Waals surface area contributed by atoms with Gasteiger partial charge in [-0.15, -0.1) is 0 Å². The van der Waals surface area contributed by atoms with E-state index in [4.69, 9.17) is 4.74 Å². The van der Waals surface area contributed by atoms with Crippen molar-refractivity contribution in [3.8, 4) is 5.75 Å². The maximum absolute atomic E-state index is 13.4. The number of carbonyl (C=O) groups is 2. The van der Waals surface area contributed by atoms with E-state index in [-0.39, 0.29) is 12.5 Å². The molecule has 0 saturated carbocycles. The molecule has 0 aliphatic carbocycles. The summed E-state index contributed by atoms with van der Waals surface area (Å²) in [6, 6.07) is 14.8. The summed E-state index contributed by atoms with van der Waals surface area (Å²) in [5.41, 5.74) is 0.684. The van der Waals surface area contributed by atoms with Crippen LogP contribution in [0.3, 0.4) is 0 Å². The van der Waals surface area contributed by atoms with Gasteiger partial charge in [0, 0.05) is 12.1 Å². The Bertz CT molecular complexity index is 1050. The molecule has 8 nitrogen and oxygen atoms in total. The predicted molar refractivity (Wildman–Crippen MR) is 130 cm³/mol. The molecule has 0 radical (unpaired) electrons. The number of ether oxygens (including phenoxy) is 1. The Balaban J connectivity index is 2.36. The molecule has 2 aromatic rings. The van der Waals surface area contributed by atoms with Crippen molar-refractivity contribution in [3.63, 3.8) is 0 Å². The number of carbonyl (C=O) groups excluding carboxylic acids is 2. The first-order chi connectivity index (χ1) is 15.3. The van der Waals surface area contributed by atoms with Crippen LogP contribution in [0.5, 0.6) is 5.75 Å². The Kier molecular flexibility index (Phi) is 8.49. The number of nitrogens with one attached hydrogen (secondary N) is 1. The molecule has 9 heteroatoms. The zero-order valence-corrected chi connectivity index (χ0v) is 20.8. The van der Waals surface area contributed by atoms with Gasteiger partial charge >= 0.3 is 0 Å². The summed E-state index contributed by atoms with van der Waals surface area (Å²) in [5, 5.41) is 2.89. The molecule has 0 unspecified atom stereocenters. The van der Waals surface area contributed by atoms with E-state index in [1.807, 2.05) is 51.1 Å². The molecule has 0 aliphatic heterocycles. The summed E-state index contributed by atoms with van der Waals surface area (Å²) in [5.74, 6) is -0.240. The minimum atomic E-state index is -3.77. The van der Waals surface area contributed by atoms with Gasteiger partial charge in [0.25, 0.3) is 0 Å². The summed E-state index contributed by atoms with van der Waals surface area (Å²) in [4.78, 5) is 27.7. The number of rotatable bonds is 9. The zero-order valence-electron chi connectivity index (χ0n) is 20.0. The molecule has 0 saturated heterocycles. The van der Waals surface area contributed by atoms with Gasteiger partial charge in [0.05, 0.1) is 19.1 Å². The van der Waals surface area contributed by atoms with E-state index in [0.29, 0.717) is 11.4 Å². The quantitative estimate of drug-likeness (QED) is 0.602. The molecule has 2 amide bonds. The van der Waals surface area contributed by atoms with Crippen molar-refractivity contribution in [1.82, 2.24) is 10.2 Å². The smallest absolute Gasteiger partial charge is 0.244 e. The van der Waals surface area contributed by atoms with Crippen molar-refractivity contribution < 1.29 is 22.7 Å². The lowest BCUT2D eigenvalue weighted by molar-refractivity contribution is -0.140. The Hall–Kier alpha value is -3.07. The first-order valence-electron chi connectivity index (χ1n) is 10.6. The fraction of sp³-hybridized carbons (Fsp3) is 0.417. The van der Waals surface area contributed by atoms with Crippen molar-refractivity contribution >= 4 is 27.5 Å². The molecule has 0 heterocycles. The van der Waals surface area contributed by atoms with Crippen LogP contribution in [0.25, 0.3) is 0 Å². The molecule has 0 aromatic heterocycles. The minimum absolute atomic E-state index is 0.165. The van der Waals surface area contributed by atoms with Crippen LogP contribution in [0, 0.1) is 0 Å². The lowest BCUT2D eigenvalue weighted by atomic mass is 10.1. The summed E-state index contributed by atoms with van der Waals surface area (Å²) in [6.07, 6.45) is 1.04. The van der Waals surface area contributed by atoms with Crippen molar-refractivity contribution in [2.75, 3.05) is 24.2 Å². The van der Waals surface area contributed by atoms with Gasteiger partial charge in [0.15, 0.2) is 0 Å². The number of anilines is 1. The fourth-order valence-electron chi connectivity index (χ4n) is 3.20. The van der Waals surface area contributed by atoms with E-state index < -0.39 is 34.1 Å². The second kappa shape index (κ2) is 10.7. The Morgan fingerprint density at radius 3 is 2.09 bits per heavy atom. The molecule has 33 heavy (non-hydrogen) atoms. The largest absolute Gasteiger partial charge is 0.497 e. The molecule has 0 bridgehead atoms. The molecule has 2 rings (SSSR count). The molecule has 0 fully saturated rings. The maximum atomic E-state index is 13.4. The lowest BCUT2D eigenvalue weighted by Crippen LogP contribution is -2.54. The third-order valence-electron chi connectivity index (χ3n) is 4.90. The van der Waals surface area contributed by atoms with Gasteiger partial charge in [-0.1, -0.05) is 30.3 Å². The van der Waals surface area contributed by atoms with Crippen LogP contribution in [0.2, 0.25) is 0 Å². The molecule has 1 atom stereocenters. The number of nitrogens with zero attached hydrogens (tertiary/aromatic N) is 2. The Morgan fingerprint density at radius 1 is 1.03 bits per heavy atom. The van der Waals surface area contributed by atoms with Gasteiger partial charge < -0.3 is 15.0 Å². The van der Waals surface area contributed by atoms with Gasteiger partial charge in [-0.3, -0.25) is 13.9 Å². The predicted octanol–water partition coefficient (Wildman–Crippen LogP) is 2.79. The summed E-state index contributed by atoms with van der Waals surface area (Å²) in [7, 11) is -2.26. The Labute approximate surface area is 196 Å². The molecule has 2 aromatic carbocycles. The van der Waals surface area contributed by atoms with Crippen LogP contribution in [-0.2, 0) is 26.2 Å². The first kappa shape index (κ1) is 26.2. The second-order valence-electron chi connectivity index (χ2n) is 8.89. The van der Waals surface area contributed by atoms with Gasteiger partial charge in [0.2, 0.25) is 21.8 Å². The normalized spacial score (nSPS) is 12.5. The van der Waals surface area contributed by atoms with Gasteiger partial charge in [0.1, 0.15) is 18.3 Å². The molecule has 0 aliphatic rings. The van der Waals surface area contributed by atoms with Gasteiger partial charge in [-0.05, 0) is 57.5 Å². The molecule has 0 spiro atoms. The van der Waals surface area contributed by atoms with E-state index in [9.17, 15) is 18.0 Å². The zero-order chi connectivity index (χ0) is 24.8. The van der Waals surface area contributed by atoms with Crippen molar-refractivity contribution in [2.45, 2.75) is 45.8 Å². The highest BCUT2D eigenvalue weighted by Gasteiger charge is 2.31. The van der Waals surface area contributed by atoms with Crippen LogP contribution in [0.4, 0.5) is 5.69 Å². The van der Waals surface area contributed by atoms with Gasteiger partial charge in [-0.2, -0.15) is 0 Å². The van der Waals surface area contributed by atoms with E-state index in [1.54, 1.807) is 31.2 Å². The van der Waals surface area contributed by atoms with Crippen molar-refractivity contribution in [1.29, 1.82) is 0 Å². The van der Waals surface area contributed by atoms with Gasteiger partial charge in [-0.25, -0.2) is 8.42 Å². The van der Waals surface area contributed by atoms with Crippen LogP contribution in [-0.4, -0.2) is 56.6 Å². The average Bonchev–Trinajstić information content (AvgIpc) is 2.74. The number of hydrogen-bond acceptors (Lipinski definition) is 5. The number of sulfonamides is 1. The standard InChI is InChI=1S/C24H33N3O5S/c1-18(23(29)25-24(2,3)4)26(16-19-10-8-7-9-11-19)22(28)17-27(33(6,30)31)20-12-14-21(32-5)15-13-20/h7-15,18H,16-17H2,1-6H3,(H,25,29)/t18-/m0/s1. The number of benzene rings is 2. The average molecular weight is 476 g/mol. The molecular formula is C24H33N3O5S. The number of methoxy groups -OCH3 is 1. The maximum Gasteiger partial charge on any atom is 0.244 e. The van der Waals surface area contributed by atoms with Crippen LogP contribution in [0.1, 0.15) is 33.3 Å². The highest BCUT2D eigenvalue weighted by molar-refractivity contribution is 7.92. The SMILES string of the molecule is COc1ccc(N(CC(=O)N(Cc2ccccc2)[C@@H](C)C(=O)NC(C)(C)C)S(C)(=O)=O)cc1. The molecule has 180 valence electrons. The lowest BCUT2D eigenvalue weighted by Gasteiger charge is -2.33. The number of hydrogen-bond donors (Lipinski definition) is 1. The Morgan fingerprint density at radius 2 is 1.61 bits per heavy atom. The number of amides is 2. The molecule has 1 N–H and O–H groups in total. The topological polar surface area (TPSA) is 96.0 Å². The highest BCUT2D eigenvalue weighted by Crippen LogP contribution is 2.22. The second-order valence-corrected chi connectivity index (χ2v) is 10.8. The first-order valence-corrected chi connectivity index (χ1v) is 12.4.